The molecular formula is C16H15NO2S. The Morgan fingerprint density at radius 2 is 1.95 bits per heavy atom. The van der Waals surface area contributed by atoms with Crippen molar-refractivity contribution < 1.29 is 9.59 Å². The summed E-state index contributed by atoms with van der Waals surface area (Å²) < 4.78 is 0. The molecule has 1 aliphatic rings. The molecule has 4 heteroatoms. The van der Waals surface area contributed by atoms with Crippen LogP contribution in [0.2, 0.25) is 0 Å². The molecule has 0 fully saturated rings. The summed E-state index contributed by atoms with van der Waals surface area (Å²) in [7, 11) is 3.45. The van der Waals surface area contributed by atoms with Gasteiger partial charge in [-0.25, -0.2) is 0 Å². The Hall–Kier alpha value is -1.81. The van der Waals surface area contributed by atoms with Crippen LogP contribution >= 0.6 is 11.8 Å². The molecule has 2 aromatic carbocycles. The van der Waals surface area contributed by atoms with Crippen molar-refractivity contribution in [3.05, 3.63) is 42.0 Å². The average Bonchev–Trinajstić information content (AvgIpc) is 2.45. The quantitative estimate of drug-likeness (QED) is 0.808. The van der Waals surface area contributed by atoms with Gasteiger partial charge in [-0.2, -0.15) is 0 Å². The number of thioether (sulfide) groups is 1. The molecule has 2 aromatic rings. The molecule has 0 spiro atoms. The van der Waals surface area contributed by atoms with E-state index < -0.39 is 0 Å². The van der Waals surface area contributed by atoms with E-state index in [1.165, 1.54) is 11.8 Å². The Balaban J connectivity index is 2.08. The molecule has 0 N–H and O–H groups in total. The fourth-order valence-electron chi connectivity index (χ4n) is 2.53. The van der Waals surface area contributed by atoms with Crippen molar-refractivity contribution in [2.75, 3.05) is 14.1 Å². The molecule has 1 heterocycles. The first kappa shape index (κ1) is 13.2. The van der Waals surface area contributed by atoms with Crippen molar-refractivity contribution in [2.24, 2.45) is 0 Å². The van der Waals surface area contributed by atoms with Crippen LogP contribution in [0.5, 0.6) is 0 Å². The van der Waals surface area contributed by atoms with E-state index in [1.807, 2.05) is 36.4 Å². The molecule has 20 heavy (non-hydrogen) atoms. The van der Waals surface area contributed by atoms with Gasteiger partial charge in [0.05, 0.1) is 5.25 Å². The topological polar surface area (TPSA) is 37.4 Å². The third-order valence-corrected chi connectivity index (χ3v) is 4.77. The van der Waals surface area contributed by atoms with Crippen molar-refractivity contribution in [3.8, 4) is 0 Å². The van der Waals surface area contributed by atoms with Crippen LogP contribution in [0.25, 0.3) is 10.8 Å². The number of ketones is 1. The Morgan fingerprint density at radius 3 is 2.70 bits per heavy atom. The number of Topliss-reactive ketones (excluding diaryl/α,β-unsaturated/α-hetero) is 1. The highest BCUT2D eigenvalue weighted by atomic mass is 32.2. The first-order valence-electron chi connectivity index (χ1n) is 6.50. The zero-order chi connectivity index (χ0) is 14.3. The van der Waals surface area contributed by atoms with Crippen LogP contribution in [0.1, 0.15) is 16.8 Å². The fraction of sp³-hybridized carbons (Fsp3) is 0.250. The lowest BCUT2D eigenvalue weighted by molar-refractivity contribution is -0.128. The molecule has 1 aliphatic heterocycles. The van der Waals surface area contributed by atoms with Crippen LogP contribution in [-0.4, -0.2) is 35.9 Å². The molecule has 102 valence electrons. The van der Waals surface area contributed by atoms with Crippen molar-refractivity contribution in [2.45, 2.75) is 16.6 Å². The number of rotatable bonds is 1. The van der Waals surface area contributed by atoms with E-state index in [2.05, 4.69) is 0 Å². The highest BCUT2D eigenvalue weighted by Gasteiger charge is 2.32. The Labute approximate surface area is 122 Å². The molecule has 0 saturated heterocycles. The van der Waals surface area contributed by atoms with Crippen LogP contribution in [-0.2, 0) is 4.79 Å². The number of benzene rings is 2. The van der Waals surface area contributed by atoms with E-state index in [0.29, 0.717) is 0 Å². The molecule has 3 rings (SSSR count). The van der Waals surface area contributed by atoms with E-state index in [-0.39, 0.29) is 23.4 Å². The second-order valence-corrected chi connectivity index (χ2v) is 6.37. The van der Waals surface area contributed by atoms with Gasteiger partial charge in [0.25, 0.3) is 0 Å². The summed E-state index contributed by atoms with van der Waals surface area (Å²) >= 11 is 1.50. The minimum absolute atomic E-state index is 0.00200. The zero-order valence-corrected chi connectivity index (χ0v) is 12.2. The number of carbonyl (C=O) groups is 2. The van der Waals surface area contributed by atoms with Crippen molar-refractivity contribution in [3.63, 3.8) is 0 Å². The average molecular weight is 285 g/mol. The van der Waals surface area contributed by atoms with Crippen LogP contribution in [0, 0.1) is 0 Å². The van der Waals surface area contributed by atoms with Gasteiger partial charge in [0.15, 0.2) is 5.78 Å². The second-order valence-electron chi connectivity index (χ2n) is 5.13. The summed E-state index contributed by atoms with van der Waals surface area (Å²) in [6.07, 6.45) is 0.280. The predicted molar refractivity (Wildman–Crippen MR) is 81.2 cm³/mol. The molecule has 0 saturated carbocycles. The first-order valence-corrected chi connectivity index (χ1v) is 7.38. The molecule has 0 bridgehead atoms. The summed E-state index contributed by atoms with van der Waals surface area (Å²) in [6, 6.07) is 11.9. The van der Waals surface area contributed by atoms with Gasteiger partial charge in [0, 0.05) is 31.0 Å². The molecule has 0 aromatic heterocycles. The van der Waals surface area contributed by atoms with Crippen LogP contribution in [0.3, 0.4) is 0 Å². The standard InChI is InChI=1S/C16H15NO2S/c1-17(2)16(19)14-9-12(18)15-11-6-4-3-5-10(11)7-8-13(15)20-14/h3-8,14H,9H2,1-2H3. The lowest BCUT2D eigenvalue weighted by Gasteiger charge is -2.25. The maximum Gasteiger partial charge on any atom is 0.236 e. The van der Waals surface area contributed by atoms with Gasteiger partial charge >= 0.3 is 0 Å². The van der Waals surface area contributed by atoms with Gasteiger partial charge in [-0.05, 0) is 16.8 Å². The summed E-state index contributed by atoms with van der Waals surface area (Å²) in [5, 5.41) is 1.75. The summed E-state index contributed by atoms with van der Waals surface area (Å²) in [4.78, 5) is 27.0. The third-order valence-electron chi connectivity index (χ3n) is 3.53. The molecule has 1 unspecified atom stereocenters. The molecular weight excluding hydrogens is 270 g/mol. The maximum atomic E-state index is 12.5. The van der Waals surface area contributed by atoms with Gasteiger partial charge in [0.1, 0.15) is 0 Å². The van der Waals surface area contributed by atoms with Gasteiger partial charge in [-0.15, -0.1) is 11.8 Å². The lowest BCUT2D eigenvalue weighted by atomic mass is 9.98. The van der Waals surface area contributed by atoms with E-state index in [1.54, 1.807) is 19.0 Å². The van der Waals surface area contributed by atoms with Gasteiger partial charge in [0.2, 0.25) is 5.91 Å². The smallest absolute Gasteiger partial charge is 0.236 e. The van der Waals surface area contributed by atoms with Gasteiger partial charge in [-0.3, -0.25) is 9.59 Å². The molecule has 1 atom stereocenters. The van der Waals surface area contributed by atoms with Crippen LogP contribution in [0.15, 0.2) is 41.3 Å². The minimum atomic E-state index is -0.300. The van der Waals surface area contributed by atoms with E-state index in [4.69, 9.17) is 0 Å². The predicted octanol–water partition coefficient (Wildman–Crippen LogP) is 2.98. The number of hydrogen-bond acceptors (Lipinski definition) is 3. The Bertz CT molecular complexity index is 709. The van der Waals surface area contributed by atoms with Crippen molar-refractivity contribution in [1.82, 2.24) is 4.90 Å². The number of fused-ring (bicyclic) bond motifs is 3. The molecule has 0 aliphatic carbocycles. The second kappa shape index (κ2) is 4.94. The zero-order valence-electron chi connectivity index (χ0n) is 11.4. The lowest BCUT2D eigenvalue weighted by Crippen LogP contribution is -2.35. The van der Waals surface area contributed by atoms with Gasteiger partial charge < -0.3 is 4.90 Å². The number of nitrogens with zero attached hydrogens (tertiary/aromatic N) is 1. The van der Waals surface area contributed by atoms with Crippen LogP contribution < -0.4 is 0 Å². The summed E-state index contributed by atoms with van der Waals surface area (Å²) in [5.41, 5.74) is 0.774. The van der Waals surface area contributed by atoms with E-state index in [9.17, 15) is 9.59 Å². The Morgan fingerprint density at radius 1 is 1.20 bits per heavy atom. The van der Waals surface area contributed by atoms with Crippen molar-refractivity contribution in [1.29, 1.82) is 0 Å². The monoisotopic (exact) mass is 285 g/mol. The highest BCUT2D eigenvalue weighted by Crippen LogP contribution is 2.39. The van der Waals surface area contributed by atoms with Gasteiger partial charge in [-0.1, -0.05) is 30.3 Å². The number of amides is 1. The fourth-order valence-corrected chi connectivity index (χ4v) is 3.87. The van der Waals surface area contributed by atoms with E-state index >= 15 is 0 Å². The summed E-state index contributed by atoms with van der Waals surface area (Å²) in [5.74, 6) is 0.0675. The summed E-state index contributed by atoms with van der Waals surface area (Å²) in [6.45, 7) is 0. The SMILES string of the molecule is CN(C)C(=O)C1CC(=O)c2c(ccc3ccccc23)S1. The highest BCUT2D eigenvalue weighted by molar-refractivity contribution is 8.00. The third kappa shape index (κ3) is 2.10. The molecule has 3 nitrogen and oxygen atoms in total. The van der Waals surface area contributed by atoms with E-state index in [0.717, 1.165) is 21.2 Å². The number of carbonyl (C=O) groups excluding carboxylic acids is 2. The normalized spacial score (nSPS) is 17.9. The van der Waals surface area contributed by atoms with Crippen molar-refractivity contribution >= 4 is 34.2 Å². The largest absolute Gasteiger partial charge is 0.348 e. The molecule has 1 amide bonds. The van der Waals surface area contributed by atoms with Crippen LogP contribution in [0.4, 0.5) is 0 Å². The first-order chi connectivity index (χ1) is 9.58. The minimum Gasteiger partial charge on any atom is -0.348 e. The molecule has 0 radical (unpaired) electrons. The number of hydrogen-bond donors (Lipinski definition) is 0. The maximum absolute atomic E-state index is 12.5. The Kier molecular flexibility index (Phi) is 3.26.